The second-order valence-corrected chi connectivity index (χ2v) is 5.09. The van der Waals surface area contributed by atoms with E-state index < -0.39 is 5.92 Å². The summed E-state index contributed by atoms with van der Waals surface area (Å²) >= 11 is 0. The Balaban J connectivity index is 2.35. The molecule has 0 aliphatic heterocycles. The minimum atomic E-state index is -0.466. The first kappa shape index (κ1) is 13.7. The van der Waals surface area contributed by atoms with Gasteiger partial charge in [0.25, 0.3) is 0 Å². The van der Waals surface area contributed by atoms with Crippen LogP contribution in [0.1, 0.15) is 45.4 Å². The lowest BCUT2D eigenvalue weighted by atomic mass is 9.80. The Morgan fingerprint density at radius 3 is 2.84 bits per heavy atom. The molecular weight excluding hydrogens is 240 g/mol. The van der Waals surface area contributed by atoms with E-state index in [-0.39, 0.29) is 5.97 Å². The lowest BCUT2D eigenvalue weighted by molar-refractivity contribution is -0.146. The molecule has 0 radical (unpaired) electrons. The average molecular weight is 260 g/mol. The number of nitrogens with zero attached hydrogens (tertiary/aromatic N) is 1. The lowest BCUT2D eigenvalue weighted by Gasteiger charge is -2.26. The van der Waals surface area contributed by atoms with Gasteiger partial charge >= 0.3 is 5.97 Å². The highest BCUT2D eigenvalue weighted by molar-refractivity contribution is 5.78. The Bertz CT molecular complexity index is 483. The van der Waals surface area contributed by atoms with Crippen LogP contribution in [0.2, 0.25) is 0 Å². The molecule has 0 unspecified atom stereocenters. The van der Waals surface area contributed by atoms with E-state index in [1.165, 1.54) is 12.0 Å². The van der Waals surface area contributed by atoms with Crippen molar-refractivity contribution in [1.82, 2.24) is 0 Å². The van der Waals surface area contributed by atoms with Gasteiger partial charge in [0.2, 0.25) is 0 Å². The van der Waals surface area contributed by atoms with Gasteiger partial charge in [-0.15, -0.1) is 0 Å². The highest BCUT2D eigenvalue weighted by Crippen LogP contribution is 2.39. The van der Waals surface area contributed by atoms with Crippen LogP contribution < -0.4 is 5.73 Å². The van der Waals surface area contributed by atoms with Crippen LogP contribution in [0.5, 0.6) is 0 Å². The topological polar surface area (TPSA) is 76.1 Å². The van der Waals surface area contributed by atoms with Crippen molar-refractivity contribution in [3.05, 3.63) is 22.4 Å². The number of allylic oxidation sites excluding steroid dienone is 3. The van der Waals surface area contributed by atoms with Crippen molar-refractivity contribution in [2.24, 2.45) is 11.7 Å². The maximum absolute atomic E-state index is 12.0. The van der Waals surface area contributed by atoms with Crippen LogP contribution in [0.15, 0.2) is 22.4 Å². The van der Waals surface area contributed by atoms with Gasteiger partial charge in [0.1, 0.15) is 12.0 Å². The van der Waals surface area contributed by atoms with Gasteiger partial charge < -0.3 is 10.5 Å². The molecule has 0 spiro atoms. The van der Waals surface area contributed by atoms with Crippen LogP contribution in [-0.2, 0) is 9.53 Å². The summed E-state index contributed by atoms with van der Waals surface area (Å²) in [5.41, 5.74) is 9.31. The number of carbonyl (C=O) groups is 1. The maximum Gasteiger partial charge on any atom is 0.315 e. The number of rotatable bonds is 2. The molecule has 4 heteroatoms. The minimum absolute atomic E-state index is 0.302. The average Bonchev–Trinajstić information content (AvgIpc) is 2.63. The highest BCUT2D eigenvalue weighted by Gasteiger charge is 2.33. The zero-order valence-electron chi connectivity index (χ0n) is 11.4. The fourth-order valence-electron chi connectivity index (χ4n) is 2.96. The molecule has 102 valence electrons. The molecule has 0 saturated heterocycles. The summed E-state index contributed by atoms with van der Waals surface area (Å²) in [7, 11) is 0. The first-order valence-corrected chi connectivity index (χ1v) is 6.96. The van der Waals surface area contributed by atoms with Gasteiger partial charge in [-0.05, 0) is 44.6 Å². The van der Waals surface area contributed by atoms with Gasteiger partial charge in [0.15, 0.2) is 0 Å². The zero-order valence-corrected chi connectivity index (χ0v) is 11.4. The summed E-state index contributed by atoms with van der Waals surface area (Å²) in [5, 5.41) is 9.35. The Morgan fingerprint density at radius 1 is 1.42 bits per heavy atom. The quantitative estimate of drug-likeness (QED) is 0.774. The summed E-state index contributed by atoms with van der Waals surface area (Å²) in [5.74, 6) is -0.769. The molecule has 0 amide bonds. The van der Waals surface area contributed by atoms with Gasteiger partial charge in [0, 0.05) is 5.70 Å². The third-order valence-corrected chi connectivity index (χ3v) is 3.93. The maximum atomic E-state index is 12.0. The van der Waals surface area contributed by atoms with Crippen molar-refractivity contribution >= 4 is 5.97 Å². The van der Waals surface area contributed by atoms with Crippen LogP contribution in [0, 0.1) is 17.2 Å². The molecule has 1 atom stereocenters. The van der Waals surface area contributed by atoms with Crippen LogP contribution in [0.25, 0.3) is 0 Å². The fraction of sp³-hybridized carbons (Fsp3) is 0.600. The second-order valence-electron chi connectivity index (χ2n) is 5.09. The van der Waals surface area contributed by atoms with Gasteiger partial charge in [-0.1, -0.05) is 12.0 Å². The first-order valence-electron chi connectivity index (χ1n) is 6.96. The molecule has 0 bridgehead atoms. The van der Waals surface area contributed by atoms with Crippen molar-refractivity contribution < 1.29 is 9.53 Å². The first-order chi connectivity index (χ1) is 9.19. The summed E-state index contributed by atoms with van der Waals surface area (Å²) in [6.07, 6.45) is 5.92. The molecule has 0 heterocycles. The third kappa shape index (κ3) is 2.65. The van der Waals surface area contributed by atoms with Crippen molar-refractivity contribution in [3.63, 3.8) is 0 Å². The van der Waals surface area contributed by atoms with Gasteiger partial charge in [0.05, 0.1) is 12.2 Å². The Kier molecular flexibility index (Phi) is 4.26. The predicted molar refractivity (Wildman–Crippen MR) is 71.7 cm³/mol. The number of nitrogens with two attached hydrogens (primary N) is 1. The molecule has 19 heavy (non-hydrogen) atoms. The van der Waals surface area contributed by atoms with Crippen LogP contribution >= 0.6 is 0 Å². The number of ether oxygens (including phenoxy) is 1. The van der Waals surface area contributed by atoms with Gasteiger partial charge in [-0.3, -0.25) is 4.79 Å². The molecule has 2 rings (SSSR count). The van der Waals surface area contributed by atoms with E-state index in [0.29, 0.717) is 24.3 Å². The molecular formula is C15H20N2O2. The number of esters is 1. The zero-order chi connectivity index (χ0) is 13.8. The van der Waals surface area contributed by atoms with Crippen LogP contribution in [-0.4, -0.2) is 12.6 Å². The molecule has 0 aromatic heterocycles. The second kappa shape index (κ2) is 5.92. The van der Waals surface area contributed by atoms with Crippen molar-refractivity contribution in [3.8, 4) is 6.07 Å². The molecule has 4 nitrogen and oxygen atoms in total. The standard InChI is InChI=1S/C15H20N2O2/c1-2-19-15(18)12-8-10-6-4-3-5-7-11(10)13(9-16)14(12)17/h12H,2-8,17H2,1H3/t12-/m0/s1. The predicted octanol–water partition coefficient (Wildman–Crippen LogP) is 2.57. The van der Waals surface area contributed by atoms with E-state index in [2.05, 4.69) is 6.07 Å². The number of carbonyl (C=O) groups excluding carboxylic acids is 1. The molecule has 0 saturated carbocycles. The van der Waals surface area contributed by atoms with E-state index in [1.807, 2.05) is 0 Å². The number of hydrogen-bond acceptors (Lipinski definition) is 4. The van der Waals surface area contributed by atoms with Crippen molar-refractivity contribution in [2.75, 3.05) is 6.61 Å². The van der Waals surface area contributed by atoms with E-state index >= 15 is 0 Å². The normalized spacial score (nSPS) is 23.5. The minimum Gasteiger partial charge on any atom is -0.465 e. The van der Waals surface area contributed by atoms with Crippen LogP contribution in [0.3, 0.4) is 0 Å². The molecule has 0 aromatic carbocycles. The lowest BCUT2D eigenvalue weighted by Crippen LogP contribution is -2.29. The Labute approximate surface area is 113 Å². The molecule has 2 aliphatic rings. The summed E-state index contributed by atoms with van der Waals surface area (Å²) in [4.78, 5) is 12.0. The van der Waals surface area contributed by atoms with Crippen molar-refractivity contribution in [1.29, 1.82) is 5.26 Å². The Morgan fingerprint density at radius 2 is 2.16 bits per heavy atom. The SMILES string of the molecule is CCOC(=O)[C@H]1CC2=C(CCCCC2)C(C#N)=C1N. The summed E-state index contributed by atoms with van der Waals surface area (Å²) in [6, 6.07) is 2.20. The molecule has 2 aliphatic carbocycles. The number of hydrogen-bond donors (Lipinski definition) is 1. The van der Waals surface area contributed by atoms with Gasteiger partial charge in [-0.2, -0.15) is 5.26 Å². The van der Waals surface area contributed by atoms with E-state index in [4.69, 9.17) is 10.5 Å². The fourth-order valence-corrected chi connectivity index (χ4v) is 2.96. The highest BCUT2D eigenvalue weighted by atomic mass is 16.5. The Hall–Kier alpha value is -1.76. The summed E-state index contributed by atoms with van der Waals surface area (Å²) in [6.45, 7) is 2.12. The molecule has 0 fully saturated rings. The number of nitriles is 1. The van der Waals surface area contributed by atoms with E-state index in [9.17, 15) is 10.1 Å². The van der Waals surface area contributed by atoms with Crippen LogP contribution in [0.4, 0.5) is 0 Å². The largest absolute Gasteiger partial charge is 0.465 e. The van der Waals surface area contributed by atoms with Gasteiger partial charge in [-0.25, -0.2) is 0 Å². The van der Waals surface area contributed by atoms with Crippen molar-refractivity contribution in [2.45, 2.75) is 45.4 Å². The summed E-state index contributed by atoms with van der Waals surface area (Å²) < 4.78 is 5.07. The van der Waals surface area contributed by atoms with E-state index in [1.54, 1.807) is 6.92 Å². The third-order valence-electron chi connectivity index (χ3n) is 3.93. The molecule has 0 aromatic rings. The monoisotopic (exact) mass is 260 g/mol. The van der Waals surface area contributed by atoms with E-state index in [0.717, 1.165) is 31.3 Å². The smallest absolute Gasteiger partial charge is 0.315 e. The molecule has 2 N–H and O–H groups in total.